The molecule has 1 aliphatic heterocycles. The molecule has 1 fully saturated rings. The highest BCUT2D eigenvalue weighted by molar-refractivity contribution is 7.81. The van der Waals surface area contributed by atoms with Crippen molar-refractivity contribution >= 4 is 39.9 Å². The topological polar surface area (TPSA) is 87.5 Å². The normalized spacial score (nSPS) is 13.6. The van der Waals surface area contributed by atoms with Crippen LogP contribution in [-0.2, 0) is 22.2 Å². The Bertz CT molecular complexity index is 1210. The summed E-state index contributed by atoms with van der Waals surface area (Å²) in [5.41, 5.74) is 4.78. The molecule has 10 heteroatoms. The molecule has 0 aliphatic carbocycles. The number of nitrogens with zero attached hydrogens (tertiary/aromatic N) is 2. The highest BCUT2D eigenvalue weighted by Crippen LogP contribution is 2.32. The van der Waals surface area contributed by atoms with Gasteiger partial charge < -0.3 is 15.2 Å². The monoisotopic (exact) mass is 564 g/mol. The predicted molar refractivity (Wildman–Crippen MR) is 156 cm³/mol. The molecule has 7 nitrogen and oxygen atoms in total. The zero-order chi connectivity index (χ0) is 28.2. The molecule has 0 spiro atoms. The Morgan fingerprint density at radius 1 is 1.13 bits per heavy atom. The van der Waals surface area contributed by atoms with Crippen molar-refractivity contribution in [1.82, 2.24) is 9.46 Å². The smallest absolute Gasteiger partial charge is 0.224 e. The summed E-state index contributed by atoms with van der Waals surface area (Å²) in [4.78, 5) is 12.4. The van der Waals surface area contributed by atoms with Crippen LogP contribution in [0.1, 0.15) is 50.1 Å². The number of aryl methyl sites for hydroxylation is 3. The number of benzene rings is 2. The molecule has 38 heavy (non-hydrogen) atoms. The van der Waals surface area contributed by atoms with Crippen LogP contribution in [0.3, 0.4) is 0 Å². The Balaban J connectivity index is 0.000000428. The minimum Gasteiger partial charge on any atom is -0.386 e. The average Bonchev–Trinajstić information content (AvgIpc) is 3.56. The van der Waals surface area contributed by atoms with Gasteiger partial charge in [0.2, 0.25) is 5.91 Å². The van der Waals surface area contributed by atoms with E-state index in [2.05, 4.69) is 15.8 Å². The summed E-state index contributed by atoms with van der Waals surface area (Å²) in [6, 6.07) is 10.3. The second kappa shape index (κ2) is 15.6. The van der Waals surface area contributed by atoms with E-state index in [4.69, 9.17) is 16.1 Å². The first kappa shape index (κ1) is 31.5. The molecule has 0 bridgehead atoms. The number of aromatic nitrogens is 1. The lowest BCUT2D eigenvalue weighted by Gasteiger charge is -2.13. The van der Waals surface area contributed by atoms with Crippen LogP contribution < -0.4 is 10.6 Å². The van der Waals surface area contributed by atoms with E-state index < -0.39 is 16.8 Å². The van der Waals surface area contributed by atoms with Crippen molar-refractivity contribution in [3.05, 3.63) is 64.3 Å². The molecule has 0 radical (unpaired) electrons. The van der Waals surface area contributed by atoms with Crippen LogP contribution in [0.2, 0.25) is 5.02 Å². The standard InChI is InChI=1S/C21H21ClFN3O2.C5H11NOS.C2H6/c1-12-21(13(2)28-26-12)15-6-8-18(24-3)19(11-15)25-20(27)9-5-14-4-7-16(22)17(23)10-14;1-8(7)6-4-2-3-5-6;1-2/h4,6-8,10-11,24H,5,9H2,1-3H3,(H,25,27);2-5H2,1H3;1-2H3. The molecule has 2 aromatic carbocycles. The van der Waals surface area contributed by atoms with Gasteiger partial charge >= 0.3 is 0 Å². The van der Waals surface area contributed by atoms with Gasteiger partial charge in [0.1, 0.15) is 11.6 Å². The van der Waals surface area contributed by atoms with Crippen LogP contribution in [0.5, 0.6) is 0 Å². The van der Waals surface area contributed by atoms with Crippen molar-refractivity contribution < 1.29 is 17.9 Å². The second-order valence-corrected chi connectivity index (χ2v) is 10.3. The van der Waals surface area contributed by atoms with E-state index in [-0.39, 0.29) is 17.4 Å². The number of carbonyl (C=O) groups excluding carboxylic acids is 1. The first-order valence-corrected chi connectivity index (χ1v) is 14.7. The quantitative estimate of drug-likeness (QED) is 0.331. The SMILES string of the molecule is CC.CNc1ccc(-c2c(C)noc2C)cc1NC(=O)CCc1ccc(Cl)c(F)c1.CS(=O)N1CCCC1. The summed E-state index contributed by atoms with van der Waals surface area (Å²) < 4.78 is 31.5. The Morgan fingerprint density at radius 3 is 2.34 bits per heavy atom. The van der Waals surface area contributed by atoms with Gasteiger partial charge in [-0.15, -0.1) is 0 Å². The fourth-order valence-electron chi connectivity index (χ4n) is 4.03. The van der Waals surface area contributed by atoms with E-state index in [0.717, 1.165) is 46.9 Å². The Labute approximate surface area is 232 Å². The lowest BCUT2D eigenvalue weighted by Crippen LogP contribution is -2.20. The summed E-state index contributed by atoms with van der Waals surface area (Å²) in [7, 11) is 1.08. The Kier molecular flexibility index (Phi) is 12.9. The van der Waals surface area contributed by atoms with Crippen LogP contribution in [-0.4, -0.2) is 46.0 Å². The molecule has 2 heterocycles. The van der Waals surface area contributed by atoms with Crippen molar-refractivity contribution in [2.24, 2.45) is 0 Å². The van der Waals surface area contributed by atoms with Crippen molar-refractivity contribution in [1.29, 1.82) is 0 Å². The summed E-state index contributed by atoms with van der Waals surface area (Å²) in [5.74, 6) is 0.0729. The van der Waals surface area contributed by atoms with Crippen LogP contribution in [0, 0.1) is 19.7 Å². The van der Waals surface area contributed by atoms with Crippen molar-refractivity contribution in [2.75, 3.05) is 37.0 Å². The van der Waals surface area contributed by atoms with E-state index in [0.29, 0.717) is 12.1 Å². The third-order valence-electron chi connectivity index (χ3n) is 5.94. The largest absolute Gasteiger partial charge is 0.386 e. The second-order valence-electron chi connectivity index (χ2n) is 8.57. The number of nitrogens with one attached hydrogen (secondary N) is 2. The van der Waals surface area contributed by atoms with E-state index in [1.807, 2.05) is 50.2 Å². The van der Waals surface area contributed by atoms with E-state index in [1.54, 1.807) is 19.4 Å². The lowest BCUT2D eigenvalue weighted by atomic mass is 10.0. The fraction of sp³-hybridized carbons (Fsp3) is 0.429. The molecule has 1 aromatic heterocycles. The molecule has 1 amide bonds. The third-order valence-corrected chi connectivity index (χ3v) is 7.34. The maximum absolute atomic E-state index is 13.5. The molecule has 1 aliphatic rings. The minimum atomic E-state index is -0.708. The number of hydrogen-bond donors (Lipinski definition) is 2. The van der Waals surface area contributed by atoms with Gasteiger partial charge in [-0.1, -0.05) is 42.7 Å². The first-order chi connectivity index (χ1) is 18.2. The maximum Gasteiger partial charge on any atom is 0.224 e. The van der Waals surface area contributed by atoms with E-state index in [1.165, 1.54) is 25.0 Å². The Hall–Kier alpha value is -2.75. The van der Waals surface area contributed by atoms with Crippen LogP contribution in [0.25, 0.3) is 11.1 Å². The van der Waals surface area contributed by atoms with E-state index in [9.17, 15) is 13.4 Å². The van der Waals surface area contributed by atoms with Gasteiger partial charge in [-0.3, -0.25) is 4.79 Å². The number of carbonyl (C=O) groups is 1. The number of hydrogen-bond acceptors (Lipinski definition) is 5. The van der Waals surface area contributed by atoms with Gasteiger partial charge in [-0.05, 0) is 68.5 Å². The lowest BCUT2D eigenvalue weighted by molar-refractivity contribution is -0.116. The molecule has 3 aromatic rings. The highest BCUT2D eigenvalue weighted by atomic mass is 35.5. The van der Waals surface area contributed by atoms with E-state index >= 15 is 0 Å². The molecule has 4 rings (SSSR count). The molecular weight excluding hydrogens is 527 g/mol. The number of anilines is 2. The van der Waals surface area contributed by atoms with Crippen molar-refractivity contribution in [3.63, 3.8) is 0 Å². The summed E-state index contributed by atoms with van der Waals surface area (Å²) in [5, 5.41) is 10.1. The number of amides is 1. The zero-order valence-corrected chi connectivity index (χ0v) is 24.6. The summed E-state index contributed by atoms with van der Waals surface area (Å²) >= 11 is 5.69. The molecular formula is C28H38ClFN4O3S. The number of rotatable bonds is 7. The van der Waals surface area contributed by atoms with Crippen LogP contribution >= 0.6 is 11.6 Å². The van der Waals surface area contributed by atoms with Gasteiger partial charge in [0.05, 0.1) is 33.1 Å². The highest BCUT2D eigenvalue weighted by Gasteiger charge is 2.15. The molecule has 2 N–H and O–H groups in total. The molecule has 208 valence electrons. The third kappa shape index (κ3) is 8.92. The van der Waals surface area contributed by atoms with Crippen molar-refractivity contribution in [3.8, 4) is 11.1 Å². The molecule has 1 unspecified atom stereocenters. The molecule has 1 saturated heterocycles. The van der Waals surface area contributed by atoms with Gasteiger partial charge in [0, 0.05) is 38.4 Å². The first-order valence-electron chi connectivity index (χ1n) is 12.8. The fourth-order valence-corrected chi connectivity index (χ4v) is 4.92. The maximum atomic E-state index is 13.5. The van der Waals surface area contributed by atoms with Gasteiger partial charge in [-0.25, -0.2) is 12.9 Å². The average molecular weight is 565 g/mol. The minimum absolute atomic E-state index is 0.0722. The zero-order valence-electron chi connectivity index (χ0n) is 23.0. The van der Waals surface area contributed by atoms with Gasteiger partial charge in [0.25, 0.3) is 0 Å². The predicted octanol–water partition coefficient (Wildman–Crippen LogP) is 6.77. The van der Waals surface area contributed by atoms with Crippen LogP contribution in [0.4, 0.5) is 15.8 Å². The molecule has 0 saturated carbocycles. The van der Waals surface area contributed by atoms with Gasteiger partial charge in [0.15, 0.2) is 0 Å². The van der Waals surface area contributed by atoms with Crippen molar-refractivity contribution in [2.45, 2.75) is 53.4 Å². The Morgan fingerprint density at radius 2 is 1.82 bits per heavy atom. The molecule has 1 atom stereocenters. The number of halogens is 2. The van der Waals surface area contributed by atoms with Crippen LogP contribution in [0.15, 0.2) is 40.9 Å². The summed E-state index contributed by atoms with van der Waals surface area (Å²) in [6.45, 7) is 9.79. The van der Waals surface area contributed by atoms with Gasteiger partial charge in [-0.2, -0.15) is 0 Å². The summed E-state index contributed by atoms with van der Waals surface area (Å²) in [6.07, 6.45) is 4.82.